The molecule has 0 radical (unpaired) electrons. The molecule has 0 spiro atoms. The molecule has 2 aliphatic rings. The molecule has 1 saturated heterocycles. The molecule has 2 amide bonds. The zero-order valence-electron chi connectivity index (χ0n) is 13.6. The van der Waals surface area contributed by atoms with Gasteiger partial charge >= 0.3 is 0 Å². The van der Waals surface area contributed by atoms with Gasteiger partial charge in [0.2, 0.25) is 11.8 Å². The van der Waals surface area contributed by atoms with E-state index >= 15 is 0 Å². The minimum Gasteiger partial charge on any atom is -0.343 e. The largest absolute Gasteiger partial charge is 0.343 e. The van der Waals surface area contributed by atoms with Crippen LogP contribution in [0.1, 0.15) is 52.9 Å². The second-order valence-corrected chi connectivity index (χ2v) is 8.20. The number of piperazine rings is 1. The van der Waals surface area contributed by atoms with Crippen LogP contribution < -0.4 is 5.32 Å². The Bertz CT molecular complexity index is 405. The quantitative estimate of drug-likeness (QED) is 0.848. The van der Waals surface area contributed by atoms with Crippen molar-refractivity contribution in [1.29, 1.82) is 0 Å². The molecule has 0 aromatic rings. The van der Waals surface area contributed by atoms with E-state index in [0.29, 0.717) is 5.92 Å². The summed E-state index contributed by atoms with van der Waals surface area (Å²) in [6, 6.07) is -0.681. The fraction of sp³-hybridized carbons (Fsp3) is 0.875. The predicted octanol–water partition coefficient (Wildman–Crippen LogP) is 2.42. The standard InChI is InChI=1S/C16H28N2O2S/c1-11(2)9-13-15(20)18(12(3)14(19)17-13)10-16(21-4)7-5-6-8-16/h11-13H,5-10H2,1-4H3,(H,17,19). The third-order valence-electron chi connectivity index (χ3n) is 4.86. The maximum atomic E-state index is 12.8. The van der Waals surface area contributed by atoms with E-state index in [1.165, 1.54) is 12.8 Å². The molecule has 1 aliphatic carbocycles. The Morgan fingerprint density at radius 3 is 2.48 bits per heavy atom. The molecule has 120 valence electrons. The van der Waals surface area contributed by atoms with Gasteiger partial charge in [0, 0.05) is 11.3 Å². The minimum absolute atomic E-state index is 0.00509. The molecule has 21 heavy (non-hydrogen) atoms. The van der Waals surface area contributed by atoms with Crippen LogP contribution in [-0.2, 0) is 9.59 Å². The van der Waals surface area contributed by atoms with E-state index in [2.05, 4.69) is 25.4 Å². The second kappa shape index (κ2) is 6.59. The molecule has 1 heterocycles. The fourth-order valence-corrected chi connectivity index (χ4v) is 4.45. The van der Waals surface area contributed by atoms with Crippen LogP contribution in [0.15, 0.2) is 0 Å². The summed E-state index contributed by atoms with van der Waals surface area (Å²) < 4.78 is 0.157. The van der Waals surface area contributed by atoms with Gasteiger partial charge in [0.25, 0.3) is 0 Å². The monoisotopic (exact) mass is 312 g/mol. The SMILES string of the molecule is CSC1(CN2C(=O)C(CC(C)C)NC(=O)C2C)CCCC1. The zero-order valence-corrected chi connectivity index (χ0v) is 14.5. The average molecular weight is 312 g/mol. The Morgan fingerprint density at radius 1 is 1.33 bits per heavy atom. The molecule has 0 aromatic heterocycles. The van der Waals surface area contributed by atoms with Crippen LogP contribution in [0.25, 0.3) is 0 Å². The summed E-state index contributed by atoms with van der Waals surface area (Å²) in [6.07, 6.45) is 7.64. The van der Waals surface area contributed by atoms with Crippen LogP contribution in [0.4, 0.5) is 0 Å². The van der Waals surface area contributed by atoms with Crippen molar-refractivity contribution in [3.8, 4) is 0 Å². The Balaban J connectivity index is 2.14. The fourth-order valence-electron chi connectivity index (χ4n) is 3.49. The third-order valence-corrected chi connectivity index (χ3v) is 6.26. The van der Waals surface area contributed by atoms with Crippen LogP contribution in [-0.4, -0.2) is 46.3 Å². The highest BCUT2D eigenvalue weighted by molar-refractivity contribution is 8.00. The first-order chi connectivity index (χ1) is 9.88. The molecule has 0 bridgehead atoms. The molecule has 2 atom stereocenters. The molecule has 1 saturated carbocycles. The number of carbonyl (C=O) groups excluding carboxylic acids is 2. The molecule has 1 N–H and O–H groups in total. The maximum absolute atomic E-state index is 12.8. The van der Waals surface area contributed by atoms with Gasteiger partial charge in [0.15, 0.2) is 0 Å². The lowest BCUT2D eigenvalue weighted by atomic mass is 9.97. The van der Waals surface area contributed by atoms with Gasteiger partial charge in [-0.1, -0.05) is 26.7 Å². The van der Waals surface area contributed by atoms with Crippen molar-refractivity contribution in [2.75, 3.05) is 12.8 Å². The molecule has 5 heteroatoms. The lowest BCUT2D eigenvalue weighted by molar-refractivity contribution is -0.149. The molecule has 2 rings (SSSR count). The van der Waals surface area contributed by atoms with Gasteiger partial charge < -0.3 is 10.2 Å². The summed E-state index contributed by atoms with van der Waals surface area (Å²) in [5, 5.41) is 2.90. The van der Waals surface area contributed by atoms with Crippen molar-refractivity contribution in [2.24, 2.45) is 5.92 Å². The first kappa shape index (κ1) is 16.7. The van der Waals surface area contributed by atoms with E-state index in [9.17, 15) is 9.59 Å². The highest BCUT2D eigenvalue weighted by Gasteiger charge is 2.43. The molecule has 2 unspecified atom stereocenters. The van der Waals surface area contributed by atoms with Crippen molar-refractivity contribution in [1.82, 2.24) is 10.2 Å². The molecule has 2 fully saturated rings. The normalized spacial score (nSPS) is 29.1. The van der Waals surface area contributed by atoms with Crippen LogP contribution in [0.2, 0.25) is 0 Å². The highest BCUT2D eigenvalue weighted by Crippen LogP contribution is 2.41. The number of nitrogens with one attached hydrogen (secondary N) is 1. The van der Waals surface area contributed by atoms with Gasteiger partial charge in [-0.2, -0.15) is 11.8 Å². The summed E-state index contributed by atoms with van der Waals surface area (Å²) in [5.74, 6) is 0.501. The number of thioether (sulfide) groups is 1. The Hall–Kier alpha value is -0.710. The van der Waals surface area contributed by atoms with Crippen molar-refractivity contribution in [2.45, 2.75) is 69.7 Å². The highest BCUT2D eigenvalue weighted by atomic mass is 32.2. The van der Waals surface area contributed by atoms with E-state index in [0.717, 1.165) is 25.8 Å². The number of nitrogens with zero attached hydrogens (tertiary/aromatic N) is 1. The molecular formula is C16H28N2O2S. The van der Waals surface area contributed by atoms with Crippen LogP contribution in [0.5, 0.6) is 0 Å². The summed E-state index contributed by atoms with van der Waals surface area (Å²) in [5.41, 5.74) is 0. The van der Waals surface area contributed by atoms with Crippen LogP contribution in [0, 0.1) is 5.92 Å². The predicted molar refractivity (Wildman–Crippen MR) is 87.3 cm³/mol. The summed E-state index contributed by atoms with van der Waals surface area (Å²) >= 11 is 1.87. The van der Waals surface area contributed by atoms with Crippen molar-refractivity contribution in [3.63, 3.8) is 0 Å². The number of hydrogen-bond donors (Lipinski definition) is 1. The number of amides is 2. The van der Waals surface area contributed by atoms with Gasteiger partial charge in [-0.05, 0) is 38.4 Å². The van der Waals surface area contributed by atoms with E-state index in [4.69, 9.17) is 0 Å². The average Bonchev–Trinajstić information content (AvgIpc) is 2.90. The van der Waals surface area contributed by atoms with Gasteiger partial charge in [0.05, 0.1) is 0 Å². The molecular weight excluding hydrogens is 284 g/mol. The third kappa shape index (κ3) is 3.55. The molecule has 1 aliphatic heterocycles. The van der Waals surface area contributed by atoms with Gasteiger partial charge in [-0.25, -0.2) is 0 Å². The topological polar surface area (TPSA) is 49.4 Å². The number of hydrogen-bond acceptors (Lipinski definition) is 3. The molecule has 4 nitrogen and oxygen atoms in total. The summed E-state index contributed by atoms with van der Waals surface area (Å²) in [7, 11) is 0. The lowest BCUT2D eigenvalue weighted by Crippen LogP contribution is -2.64. The van der Waals surface area contributed by atoms with Gasteiger partial charge in [-0.3, -0.25) is 9.59 Å². The van der Waals surface area contributed by atoms with E-state index in [1.807, 2.05) is 23.6 Å². The first-order valence-corrected chi connectivity index (χ1v) is 9.27. The van der Waals surface area contributed by atoms with Crippen molar-refractivity contribution in [3.05, 3.63) is 0 Å². The number of carbonyl (C=O) groups is 2. The lowest BCUT2D eigenvalue weighted by Gasteiger charge is -2.42. The van der Waals surface area contributed by atoms with Gasteiger partial charge in [-0.15, -0.1) is 0 Å². The van der Waals surface area contributed by atoms with Gasteiger partial charge in [0.1, 0.15) is 12.1 Å². The van der Waals surface area contributed by atoms with Crippen molar-refractivity contribution < 1.29 is 9.59 Å². The van der Waals surface area contributed by atoms with E-state index in [1.54, 1.807) is 0 Å². The Kier molecular flexibility index (Phi) is 5.23. The summed E-state index contributed by atoms with van der Waals surface area (Å²) in [4.78, 5) is 26.8. The maximum Gasteiger partial charge on any atom is 0.245 e. The van der Waals surface area contributed by atoms with Crippen LogP contribution >= 0.6 is 11.8 Å². The Morgan fingerprint density at radius 2 is 1.95 bits per heavy atom. The van der Waals surface area contributed by atoms with Crippen molar-refractivity contribution >= 4 is 23.6 Å². The minimum atomic E-state index is -0.342. The number of rotatable bonds is 5. The molecule has 0 aromatic carbocycles. The Labute approximate surface area is 132 Å². The first-order valence-electron chi connectivity index (χ1n) is 8.04. The van der Waals surface area contributed by atoms with E-state index < -0.39 is 0 Å². The summed E-state index contributed by atoms with van der Waals surface area (Å²) in [6.45, 7) is 6.74. The van der Waals surface area contributed by atoms with E-state index in [-0.39, 0.29) is 28.6 Å². The zero-order chi connectivity index (χ0) is 15.6. The smallest absolute Gasteiger partial charge is 0.245 e. The van der Waals surface area contributed by atoms with Crippen LogP contribution in [0.3, 0.4) is 0 Å². The second-order valence-electron chi connectivity index (χ2n) is 6.93.